The highest BCUT2D eigenvalue weighted by Gasteiger charge is 2.45. The highest BCUT2D eigenvalue weighted by Crippen LogP contribution is 2.44. The maximum atomic E-state index is 13.0. The molecule has 10 heteroatoms. The number of nitrogens with zero attached hydrogens (tertiary/aromatic N) is 5. The Morgan fingerprint density at radius 3 is 2.69 bits per heavy atom. The molecule has 2 unspecified atom stereocenters. The molecular formula is C25H26N8O2. The SMILES string of the molecule is Cc1ncc(NC(=O)CN2CC3CC3C2)cc1NC(=O)c1cnc2[nH]c(-c3cnn(C)c3)cc2c1. The van der Waals surface area contributed by atoms with Crippen LogP contribution in [0.15, 0.2) is 43.0 Å². The number of carbonyl (C=O) groups is 2. The van der Waals surface area contributed by atoms with Crippen molar-refractivity contribution in [1.29, 1.82) is 0 Å². The molecule has 0 aromatic carbocycles. The summed E-state index contributed by atoms with van der Waals surface area (Å²) >= 11 is 0. The molecule has 0 radical (unpaired) electrons. The molecule has 2 fully saturated rings. The van der Waals surface area contributed by atoms with Crippen molar-refractivity contribution in [2.24, 2.45) is 18.9 Å². The van der Waals surface area contributed by atoms with E-state index in [1.165, 1.54) is 12.6 Å². The lowest BCUT2D eigenvalue weighted by Gasteiger charge is -2.17. The van der Waals surface area contributed by atoms with Gasteiger partial charge in [-0.1, -0.05) is 0 Å². The molecule has 2 amide bonds. The minimum absolute atomic E-state index is 0.0687. The van der Waals surface area contributed by atoms with Crippen molar-refractivity contribution >= 4 is 34.2 Å². The van der Waals surface area contributed by atoms with Gasteiger partial charge in [0.25, 0.3) is 5.91 Å². The summed E-state index contributed by atoms with van der Waals surface area (Å²) in [5.74, 6) is 1.20. The lowest BCUT2D eigenvalue weighted by Crippen LogP contribution is -2.32. The average molecular weight is 471 g/mol. The Balaban J connectivity index is 1.15. The van der Waals surface area contributed by atoms with Crippen LogP contribution in [0.25, 0.3) is 22.3 Å². The lowest BCUT2D eigenvalue weighted by atomic mass is 10.2. The number of hydrogen-bond donors (Lipinski definition) is 3. The van der Waals surface area contributed by atoms with Crippen molar-refractivity contribution in [2.45, 2.75) is 13.3 Å². The fourth-order valence-electron chi connectivity index (χ4n) is 4.81. The highest BCUT2D eigenvalue weighted by atomic mass is 16.2. The normalized spacial score (nSPS) is 19.0. The van der Waals surface area contributed by atoms with E-state index in [0.717, 1.165) is 41.6 Å². The van der Waals surface area contributed by atoms with Crippen LogP contribution < -0.4 is 10.6 Å². The molecule has 2 atom stereocenters. The van der Waals surface area contributed by atoms with Crippen LogP contribution >= 0.6 is 0 Å². The van der Waals surface area contributed by atoms with Gasteiger partial charge < -0.3 is 15.6 Å². The van der Waals surface area contributed by atoms with Gasteiger partial charge >= 0.3 is 0 Å². The van der Waals surface area contributed by atoms with Crippen LogP contribution in [-0.2, 0) is 11.8 Å². The molecule has 0 bridgehead atoms. The van der Waals surface area contributed by atoms with E-state index in [4.69, 9.17) is 0 Å². The Hall–Kier alpha value is -4.05. The van der Waals surface area contributed by atoms with E-state index >= 15 is 0 Å². The Morgan fingerprint density at radius 2 is 1.91 bits per heavy atom. The maximum absolute atomic E-state index is 13.0. The zero-order chi connectivity index (χ0) is 24.1. The Bertz CT molecular complexity index is 1440. The number of aromatic nitrogens is 5. The van der Waals surface area contributed by atoms with E-state index in [-0.39, 0.29) is 11.8 Å². The first-order valence-corrected chi connectivity index (χ1v) is 11.7. The van der Waals surface area contributed by atoms with E-state index in [9.17, 15) is 9.59 Å². The van der Waals surface area contributed by atoms with Crippen molar-refractivity contribution in [2.75, 3.05) is 30.3 Å². The number of hydrogen-bond acceptors (Lipinski definition) is 6. The molecule has 178 valence electrons. The van der Waals surface area contributed by atoms with Crippen LogP contribution in [0.1, 0.15) is 22.5 Å². The number of aryl methyl sites for hydroxylation is 2. The van der Waals surface area contributed by atoms with Crippen LogP contribution in [-0.4, -0.2) is 61.1 Å². The van der Waals surface area contributed by atoms with Crippen molar-refractivity contribution < 1.29 is 9.59 Å². The number of fused-ring (bicyclic) bond motifs is 2. The number of likely N-dealkylation sites (tertiary alicyclic amines) is 1. The summed E-state index contributed by atoms with van der Waals surface area (Å²) in [6.45, 7) is 4.21. The van der Waals surface area contributed by atoms with Crippen molar-refractivity contribution in [3.63, 3.8) is 0 Å². The maximum Gasteiger partial charge on any atom is 0.257 e. The van der Waals surface area contributed by atoms with E-state index < -0.39 is 0 Å². The quantitative estimate of drug-likeness (QED) is 0.399. The van der Waals surface area contributed by atoms with Crippen LogP contribution in [0.4, 0.5) is 11.4 Å². The number of carbonyl (C=O) groups excluding carboxylic acids is 2. The Kier molecular flexibility index (Phi) is 5.10. The molecule has 3 N–H and O–H groups in total. The second-order valence-corrected chi connectivity index (χ2v) is 9.56. The molecular weight excluding hydrogens is 444 g/mol. The van der Waals surface area contributed by atoms with Gasteiger partial charge in [0.05, 0.1) is 47.3 Å². The van der Waals surface area contributed by atoms with Crippen molar-refractivity contribution in [1.82, 2.24) is 29.6 Å². The van der Waals surface area contributed by atoms with Gasteiger partial charge in [-0.2, -0.15) is 5.10 Å². The summed E-state index contributed by atoms with van der Waals surface area (Å²) in [5.41, 5.74) is 4.70. The molecule has 1 saturated carbocycles. The van der Waals surface area contributed by atoms with Gasteiger partial charge in [-0.25, -0.2) is 4.98 Å². The third-order valence-corrected chi connectivity index (χ3v) is 6.79. The molecule has 4 aromatic rings. The topological polar surface area (TPSA) is 121 Å². The van der Waals surface area contributed by atoms with E-state index in [2.05, 4.69) is 35.6 Å². The number of anilines is 2. The molecule has 2 aliphatic rings. The van der Waals surface area contributed by atoms with Crippen LogP contribution in [0.2, 0.25) is 0 Å². The van der Waals surface area contributed by atoms with E-state index in [0.29, 0.717) is 34.8 Å². The number of amides is 2. The first-order valence-electron chi connectivity index (χ1n) is 11.7. The number of rotatable bonds is 6. The molecule has 10 nitrogen and oxygen atoms in total. The lowest BCUT2D eigenvalue weighted by molar-refractivity contribution is -0.117. The smallest absolute Gasteiger partial charge is 0.257 e. The largest absolute Gasteiger partial charge is 0.339 e. The van der Waals surface area contributed by atoms with Gasteiger partial charge in [-0.3, -0.25) is 24.2 Å². The Morgan fingerprint density at radius 1 is 1.09 bits per heavy atom. The minimum Gasteiger partial charge on any atom is -0.339 e. The molecule has 4 aromatic heterocycles. The molecule has 1 aliphatic heterocycles. The zero-order valence-corrected chi connectivity index (χ0v) is 19.6. The average Bonchev–Trinajstić information content (AvgIpc) is 3.18. The summed E-state index contributed by atoms with van der Waals surface area (Å²) in [7, 11) is 1.86. The number of pyridine rings is 2. The molecule has 1 saturated heterocycles. The van der Waals surface area contributed by atoms with Gasteiger partial charge in [-0.15, -0.1) is 0 Å². The molecule has 5 heterocycles. The van der Waals surface area contributed by atoms with Gasteiger partial charge in [0.15, 0.2) is 0 Å². The summed E-state index contributed by atoms with van der Waals surface area (Å²) in [6, 6.07) is 5.48. The summed E-state index contributed by atoms with van der Waals surface area (Å²) < 4.78 is 1.73. The second kappa shape index (κ2) is 8.31. The summed E-state index contributed by atoms with van der Waals surface area (Å²) in [6.07, 6.45) is 8.14. The van der Waals surface area contributed by atoms with Gasteiger partial charge in [0, 0.05) is 43.5 Å². The molecule has 35 heavy (non-hydrogen) atoms. The fourth-order valence-corrected chi connectivity index (χ4v) is 4.81. The standard InChI is InChI=1S/C25H26N8O2/c1-14-21(6-20(9-26-14)29-23(34)13-33-11-17-4-18(17)12-33)31-25(35)16-3-15-5-22(30-24(15)27-7-16)19-8-28-32(2)10-19/h3,5-10,17-18H,4,11-13H2,1-2H3,(H,27,30)(H,29,34)(H,31,35). The minimum atomic E-state index is -0.298. The Labute approximate surface area is 201 Å². The third-order valence-electron chi connectivity index (χ3n) is 6.79. The van der Waals surface area contributed by atoms with Crippen LogP contribution in [0.3, 0.4) is 0 Å². The second-order valence-electron chi connectivity index (χ2n) is 9.56. The molecule has 1 aliphatic carbocycles. The number of H-pyrrole nitrogens is 1. The van der Waals surface area contributed by atoms with E-state index in [1.54, 1.807) is 29.2 Å². The van der Waals surface area contributed by atoms with Gasteiger partial charge in [-0.05, 0) is 43.4 Å². The summed E-state index contributed by atoms with van der Waals surface area (Å²) in [5, 5.41) is 10.8. The molecule has 0 spiro atoms. The zero-order valence-electron chi connectivity index (χ0n) is 19.6. The van der Waals surface area contributed by atoms with Crippen LogP contribution in [0, 0.1) is 18.8 Å². The number of aromatic amines is 1. The first-order chi connectivity index (χ1) is 16.9. The number of nitrogens with one attached hydrogen (secondary N) is 3. The predicted octanol–water partition coefficient (Wildman–Crippen LogP) is 2.81. The van der Waals surface area contributed by atoms with Crippen molar-refractivity contribution in [3.8, 4) is 11.3 Å². The molecule has 6 rings (SSSR count). The highest BCUT2D eigenvalue weighted by molar-refractivity contribution is 6.06. The number of piperidine rings is 1. The van der Waals surface area contributed by atoms with Crippen LogP contribution in [0.5, 0.6) is 0 Å². The van der Waals surface area contributed by atoms with Gasteiger partial charge in [0.1, 0.15) is 5.65 Å². The van der Waals surface area contributed by atoms with E-state index in [1.807, 2.05) is 26.2 Å². The first kappa shape index (κ1) is 21.5. The van der Waals surface area contributed by atoms with Crippen molar-refractivity contribution in [3.05, 3.63) is 54.2 Å². The third kappa shape index (κ3) is 4.40. The van der Waals surface area contributed by atoms with Gasteiger partial charge in [0.2, 0.25) is 5.91 Å². The fraction of sp³-hybridized carbons (Fsp3) is 0.320. The summed E-state index contributed by atoms with van der Waals surface area (Å²) in [4.78, 5) is 39.7. The monoisotopic (exact) mass is 470 g/mol. The predicted molar refractivity (Wildman–Crippen MR) is 132 cm³/mol.